The van der Waals surface area contributed by atoms with Gasteiger partial charge in [0.05, 0.1) is 12.6 Å². The van der Waals surface area contributed by atoms with Crippen molar-refractivity contribution < 1.29 is 9.90 Å². The molecule has 0 aliphatic rings. The van der Waals surface area contributed by atoms with E-state index in [-0.39, 0.29) is 11.7 Å². The third-order valence-corrected chi connectivity index (χ3v) is 4.12. The third kappa shape index (κ3) is 3.15. The number of phenolic OH excluding ortho intramolecular Hbond substituents is 1. The van der Waals surface area contributed by atoms with Crippen molar-refractivity contribution in [3.8, 4) is 5.75 Å². The highest BCUT2D eigenvalue weighted by molar-refractivity contribution is 7.10. The molecule has 0 bridgehead atoms. The summed E-state index contributed by atoms with van der Waals surface area (Å²) in [6, 6.07) is 15.0. The van der Waals surface area contributed by atoms with E-state index >= 15 is 0 Å². The van der Waals surface area contributed by atoms with Crippen molar-refractivity contribution in [3.63, 3.8) is 0 Å². The number of fused-ring (bicyclic) bond motifs is 1. The lowest BCUT2D eigenvalue weighted by Crippen LogP contribution is -2.19. The molecule has 3 rings (SSSR count). The van der Waals surface area contributed by atoms with E-state index in [1.165, 1.54) is 17.6 Å². The number of carbonyl (C=O) groups is 1. The van der Waals surface area contributed by atoms with Gasteiger partial charge < -0.3 is 5.11 Å². The standard InChI is InChI=1S/C17H14N2O2S/c20-16-8-7-12-4-1-2-6-14(12)15(16)11-18-19-17(21)10-13-5-3-9-22-13/h1-9,11,20H,10H2,(H,19,21)/b18-11-. The average molecular weight is 310 g/mol. The fourth-order valence-electron chi connectivity index (χ4n) is 2.20. The first kappa shape index (κ1) is 14.3. The van der Waals surface area contributed by atoms with Gasteiger partial charge in [-0.25, -0.2) is 5.43 Å². The molecule has 4 nitrogen and oxygen atoms in total. The predicted molar refractivity (Wildman–Crippen MR) is 89.4 cm³/mol. The smallest absolute Gasteiger partial charge is 0.245 e. The van der Waals surface area contributed by atoms with Crippen LogP contribution >= 0.6 is 11.3 Å². The van der Waals surface area contributed by atoms with Gasteiger partial charge in [-0.2, -0.15) is 5.10 Å². The molecule has 0 spiro atoms. The highest BCUT2D eigenvalue weighted by Gasteiger charge is 2.05. The summed E-state index contributed by atoms with van der Waals surface area (Å²) in [5, 5.41) is 17.8. The fourth-order valence-corrected chi connectivity index (χ4v) is 2.90. The number of carbonyl (C=O) groups excluding carboxylic acids is 1. The largest absolute Gasteiger partial charge is 0.507 e. The second-order valence-corrected chi connectivity index (χ2v) is 5.80. The lowest BCUT2D eigenvalue weighted by Gasteiger charge is -2.04. The van der Waals surface area contributed by atoms with Crippen molar-refractivity contribution in [2.75, 3.05) is 0 Å². The van der Waals surface area contributed by atoms with Crippen molar-refractivity contribution in [2.45, 2.75) is 6.42 Å². The number of thiophene rings is 1. The van der Waals surface area contributed by atoms with Crippen LogP contribution in [0.5, 0.6) is 5.75 Å². The van der Waals surface area contributed by atoms with E-state index < -0.39 is 0 Å². The second kappa shape index (κ2) is 6.41. The molecule has 1 aromatic heterocycles. The SMILES string of the molecule is O=C(Cc1cccs1)N/N=C\c1c(O)ccc2ccccc12. The minimum atomic E-state index is -0.182. The monoisotopic (exact) mass is 310 g/mol. The Labute approximate surface area is 131 Å². The highest BCUT2D eigenvalue weighted by Crippen LogP contribution is 2.25. The van der Waals surface area contributed by atoms with Crippen LogP contribution in [-0.4, -0.2) is 17.2 Å². The first-order chi connectivity index (χ1) is 10.7. The minimum Gasteiger partial charge on any atom is -0.507 e. The molecule has 1 amide bonds. The summed E-state index contributed by atoms with van der Waals surface area (Å²) in [4.78, 5) is 12.8. The Balaban J connectivity index is 1.75. The maximum Gasteiger partial charge on any atom is 0.245 e. The zero-order chi connectivity index (χ0) is 15.4. The molecule has 1 heterocycles. The normalized spacial score (nSPS) is 11.1. The second-order valence-electron chi connectivity index (χ2n) is 4.77. The zero-order valence-corrected chi connectivity index (χ0v) is 12.5. The van der Waals surface area contributed by atoms with E-state index in [9.17, 15) is 9.90 Å². The van der Waals surface area contributed by atoms with Crippen LogP contribution in [0.15, 0.2) is 59.0 Å². The van der Waals surface area contributed by atoms with Gasteiger partial charge in [0.2, 0.25) is 5.91 Å². The molecule has 3 aromatic rings. The third-order valence-electron chi connectivity index (χ3n) is 3.25. The lowest BCUT2D eigenvalue weighted by molar-refractivity contribution is -0.120. The molecule has 22 heavy (non-hydrogen) atoms. The van der Waals surface area contributed by atoms with Crippen molar-refractivity contribution in [3.05, 3.63) is 64.4 Å². The minimum absolute atomic E-state index is 0.134. The molecule has 0 radical (unpaired) electrons. The Morgan fingerprint density at radius 2 is 2.05 bits per heavy atom. The van der Waals surface area contributed by atoms with Crippen LogP contribution in [-0.2, 0) is 11.2 Å². The van der Waals surface area contributed by atoms with Crippen LogP contribution in [0.4, 0.5) is 0 Å². The fraction of sp³-hybridized carbons (Fsp3) is 0.0588. The van der Waals surface area contributed by atoms with Crippen molar-refractivity contribution >= 4 is 34.2 Å². The molecular formula is C17H14N2O2S. The molecule has 0 aliphatic carbocycles. The van der Waals surface area contributed by atoms with Crippen molar-refractivity contribution in [1.29, 1.82) is 0 Å². The quantitative estimate of drug-likeness (QED) is 0.574. The zero-order valence-electron chi connectivity index (χ0n) is 11.7. The Morgan fingerprint density at radius 1 is 1.18 bits per heavy atom. The number of amides is 1. The molecule has 0 atom stereocenters. The molecule has 0 unspecified atom stereocenters. The Bertz CT molecular complexity index is 826. The predicted octanol–water partition coefficient (Wildman–Crippen LogP) is 3.30. The van der Waals surface area contributed by atoms with Gasteiger partial charge in [-0.1, -0.05) is 36.4 Å². The molecule has 110 valence electrons. The summed E-state index contributed by atoms with van der Waals surface area (Å²) < 4.78 is 0. The van der Waals surface area contributed by atoms with Crippen molar-refractivity contribution in [1.82, 2.24) is 5.43 Å². The van der Waals surface area contributed by atoms with Gasteiger partial charge in [0, 0.05) is 10.4 Å². The van der Waals surface area contributed by atoms with E-state index in [2.05, 4.69) is 10.5 Å². The number of phenols is 1. The molecule has 0 fully saturated rings. The topological polar surface area (TPSA) is 61.7 Å². The summed E-state index contributed by atoms with van der Waals surface area (Å²) >= 11 is 1.53. The van der Waals surface area contributed by atoms with Crippen LogP contribution in [0.2, 0.25) is 0 Å². The van der Waals surface area contributed by atoms with Gasteiger partial charge in [0.25, 0.3) is 0 Å². The number of hydrazone groups is 1. The van der Waals surface area contributed by atoms with Crippen LogP contribution in [0, 0.1) is 0 Å². The summed E-state index contributed by atoms with van der Waals surface area (Å²) in [6.07, 6.45) is 1.78. The lowest BCUT2D eigenvalue weighted by atomic mass is 10.0. The number of nitrogens with one attached hydrogen (secondary N) is 1. The maximum absolute atomic E-state index is 11.8. The first-order valence-electron chi connectivity index (χ1n) is 6.79. The van der Waals surface area contributed by atoms with E-state index in [1.807, 2.05) is 47.8 Å². The van der Waals surface area contributed by atoms with Gasteiger partial charge in [-0.15, -0.1) is 11.3 Å². The van der Waals surface area contributed by atoms with E-state index in [0.29, 0.717) is 12.0 Å². The van der Waals surface area contributed by atoms with E-state index in [1.54, 1.807) is 6.07 Å². The number of rotatable bonds is 4. The number of aromatic hydroxyl groups is 1. The molecule has 5 heteroatoms. The van der Waals surface area contributed by atoms with E-state index in [0.717, 1.165) is 15.6 Å². The Kier molecular flexibility index (Phi) is 4.16. The number of hydrogen-bond donors (Lipinski definition) is 2. The van der Waals surface area contributed by atoms with Gasteiger partial charge in [-0.05, 0) is 28.3 Å². The summed E-state index contributed by atoms with van der Waals surface area (Å²) in [5.41, 5.74) is 3.08. The molecular weight excluding hydrogens is 296 g/mol. The number of benzene rings is 2. The van der Waals surface area contributed by atoms with Gasteiger partial charge in [0.1, 0.15) is 5.75 Å². The summed E-state index contributed by atoms with van der Waals surface area (Å²) in [6.45, 7) is 0. The van der Waals surface area contributed by atoms with E-state index in [4.69, 9.17) is 0 Å². The summed E-state index contributed by atoms with van der Waals surface area (Å²) in [7, 11) is 0. The number of nitrogens with zero attached hydrogens (tertiary/aromatic N) is 1. The maximum atomic E-state index is 11.8. The molecule has 2 N–H and O–H groups in total. The Morgan fingerprint density at radius 3 is 2.86 bits per heavy atom. The molecule has 2 aromatic carbocycles. The average Bonchev–Trinajstić information content (AvgIpc) is 3.02. The Hall–Kier alpha value is -2.66. The van der Waals surface area contributed by atoms with Crippen LogP contribution in [0.1, 0.15) is 10.4 Å². The summed E-state index contributed by atoms with van der Waals surface area (Å²) in [5.74, 6) is -0.0478. The van der Waals surface area contributed by atoms with Crippen LogP contribution < -0.4 is 5.43 Å². The van der Waals surface area contributed by atoms with Crippen molar-refractivity contribution in [2.24, 2.45) is 5.10 Å². The van der Waals surface area contributed by atoms with Crippen LogP contribution in [0.25, 0.3) is 10.8 Å². The molecule has 0 saturated heterocycles. The molecule has 0 aliphatic heterocycles. The van der Waals surface area contributed by atoms with Gasteiger partial charge in [-0.3, -0.25) is 4.79 Å². The first-order valence-corrected chi connectivity index (χ1v) is 7.67. The number of hydrogen-bond acceptors (Lipinski definition) is 4. The van der Waals surface area contributed by atoms with Gasteiger partial charge >= 0.3 is 0 Å². The molecule has 0 saturated carbocycles. The van der Waals surface area contributed by atoms with Crippen LogP contribution in [0.3, 0.4) is 0 Å². The highest BCUT2D eigenvalue weighted by atomic mass is 32.1. The van der Waals surface area contributed by atoms with Gasteiger partial charge in [0.15, 0.2) is 0 Å².